The number of hydrogen-bond acceptors (Lipinski definition) is 2. The van der Waals surface area contributed by atoms with Crippen molar-refractivity contribution < 1.29 is 4.79 Å². The zero-order chi connectivity index (χ0) is 15.4. The van der Waals surface area contributed by atoms with Gasteiger partial charge in [-0.1, -0.05) is 60.1 Å². The van der Waals surface area contributed by atoms with Crippen molar-refractivity contribution in [1.29, 1.82) is 0 Å². The van der Waals surface area contributed by atoms with Gasteiger partial charge >= 0.3 is 0 Å². The molecule has 0 bridgehead atoms. The Morgan fingerprint density at radius 3 is 2.45 bits per heavy atom. The van der Waals surface area contributed by atoms with Crippen LogP contribution in [0.3, 0.4) is 0 Å². The maximum atomic E-state index is 12.5. The van der Waals surface area contributed by atoms with Crippen LogP contribution in [0.4, 0.5) is 0 Å². The van der Waals surface area contributed by atoms with Gasteiger partial charge in [-0.15, -0.1) is 0 Å². The molecule has 1 saturated carbocycles. The molecule has 1 fully saturated rings. The molecule has 0 heterocycles. The van der Waals surface area contributed by atoms with E-state index in [0.29, 0.717) is 17.6 Å². The summed E-state index contributed by atoms with van der Waals surface area (Å²) >= 11 is 6.19. The van der Waals surface area contributed by atoms with E-state index < -0.39 is 0 Å². The molecule has 2 N–H and O–H groups in total. The Kier molecular flexibility index (Phi) is 4.76. The van der Waals surface area contributed by atoms with Crippen LogP contribution in [-0.2, 0) is 11.3 Å². The Balaban J connectivity index is 1.73. The number of carbonyl (C=O) groups is 1. The summed E-state index contributed by atoms with van der Waals surface area (Å²) in [5, 5.41) is 7.11. The van der Waals surface area contributed by atoms with E-state index in [9.17, 15) is 4.79 Å². The smallest absolute Gasteiger partial charge is 0.241 e. The second-order valence-electron chi connectivity index (χ2n) is 5.60. The van der Waals surface area contributed by atoms with Crippen molar-refractivity contribution in [3.05, 3.63) is 70.7 Å². The third kappa shape index (κ3) is 3.87. The van der Waals surface area contributed by atoms with Gasteiger partial charge in [0.1, 0.15) is 6.04 Å². The highest BCUT2D eigenvalue weighted by Crippen LogP contribution is 2.22. The molecule has 2 aromatic carbocycles. The monoisotopic (exact) mass is 314 g/mol. The zero-order valence-electron chi connectivity index (χ0n) is 12.3. The highest BCUT2D eigenvalue weighted by molar-refractivity contribution is 6.31. The minimum absolute atomic E-state index is 0.0285. The predicted molar refractivity (Wildman–Crippen MR) is 88.6 cm³/mol. The number of amides is 1. The second kappa shape index (κ2) is 6.95. The molecular formula is C18H19ClN2O. The predicted octanol–water partition coefficient (Wildman–Crippen LogP) is 3.45. The van der Waals surface area contributed by atoms with Crippen LogP contribution in [0.1, 0.15) is 30.0 Å². The summed E-state index contributed by atoms with van der Waals surface area (Å²) in [5.41, 5.74) is 1.96. The Morgan fingerprint density at radius 1 is 1.09 bits per heavy atom. The van der Waals surface area contributed by atoms with Gasteiger partial charge in [-0.25, -0.2) is 0 Å². The van der Waals surface area contributed by atoms with E-state index in [1.165, 1.54) is 0 Å². The summed E-state index contributed by atoms with van der Waals surface area (Å²) in [7, 11) is 0. The quantitative estimate of drug-likeness (QED) is 0.857. The van der Waals surface area contributed by atoms with Crippen LogP contribution < -0.4 is 10.6 Å². The van der Waals surface area contributed by atoms with Crippen LogP contribution in [0.15, 0.2) is 54.6 Å². The number of carbonyl (C=O) groups excluding carboxylic acids is 1. The number of benzene rings is 2. The SMILES string of the molecule is O=C(NC1CC1)C(NCc1ccccc1Cl)c1ccccc1. The summed E-state index contributed by atoms with van der Waals surface area (Å²) in [6.45, 7) is 0.553. The van der Waals surface area contributed by atoms with E-state index in [1.54, 1.807) is 0 Å². The summed E-state index contributed by atoms with van der Waals surface area (Å²) in [4.78, 5) is 12.5. The lowest BCUT2D eigenvalue weighted by molar-refractivity contribution is -0.123. The Morgan fingerprint density at radius 2 is 1.77 bits per heavy atom. The van der Waals surface area contributed by atoms with Crippen LogP contribution >= 0.6 is 11.6 Å². The van der Waals surface area contributed by atoms with Crippen molar-refractivity contribution in [3.8, 4) is 0 Å². The molecule has 3 rings (SSSR count). The molecule has 1 aliphatic carbocycles. The maximum Gasteiger partial charge on any atom is 0.241 e. The van der Waals surface area contributed by atoms with Crippen molar-refractivity contribution >= 4 is 17.5 Å². The van der Waals surface area contributed by atoms with Gasteiger partial charge in [-0.2, -0.15) is 0 Å². The first kappa shape index (κ1) is 15.1. The van der Waals surface area contributed by atoms with E-state index in [4.69, 9.17) is 11.6 Å². The van der Waals surface area contributed by atoms with Crippen LogP contribution in [-0.4, -0.2) is 11.9 Å². The van der Waals surface area contributed by atoms with Gasteiger partial charge < -0.3 is 5.32 Å². The first-order chi connectivity index (χ1) is 10.7. The van der Waals surface area contributed by atoms with Gasteiger partial charge in [0.2, 0.25) is 5.91 Å². The molecule has 0 aliphatic heterocycles. The van der Waals surface area contributed by atoms with Crippen molar-refractivity contribution in [2.45, 2.75) is 31.5 Å². The number of halogens is 1. The van der Waals surface area contributed by atoms with E-state index in [-0.39, 0.29) is 11.9 Å². The van der Waals surface area contributed by atoms with Crippen molar-refractivity contribution in [2.75, 3.05) is 0 Å². The lowest BCUT2D eigenvalue weighted by Gasteiger charge is -2.19. The minimum atomic E-state index is -0.363. The first-order valence-electron chi connectivity index (χ1n) is 7.56. The average molecular weight is 315 g/mol. The van der Waals surface area contributed by atoms with Crippen molar-refractivity contribution in [1.82, 2.24) is 10.6 Å². The normalized spacial score (nSPS) is 15.3. The molecule has 3 nitrogen and oxygen atoms in total. The molecule has 0 spiro atoms. The summed E-state index contributed by atoms with van der Waals surface area (Å²) in [6, 6.07) is 17.5. The molecular weight excluding hydrogens is 296 g/mol. The molecule has 1 amide bonds. The van der Waals surface area contributed by atoms with Gasteiger partial charge in [-0.3, -0.25) is 10.1 Å². The van der Waals surface area contributed by atoms with Gasteiger partial charge in [0.25, 0.3) is 0 Å². The fourth-order valence-electron chi connectivity index (χ4n) is 2.37. The Labute approximate surface area is 135 Å². The van der Waals surface area contributed by atoms with Crippen LogP contribution in [0.25, 0.3) is 0 Å². The third-order valence-electron chi connectivity index (χ3n) is 3.77. The van der Waals surface area contributed by atoms with Gasteiger partial charge in [0.15, 0.2) is 0 Å². The fourth-order valence-corrected chi connectivity index (χ4v) is 2.58. The summed E-state index contributed by atoms with van der Waals surface area (Å²) in [6.07, 6.45) is 2.16. The highest BCUT2D eigenvalue weighted by atomic mass is 35.5. The van der Waals surface area contributed by atoms with E-state index in [1.807, 2.05) is 54.6 Å². The molecule has 0 saturated heterocycles. The van der Waals surface area contributed by atoms with E-state index >= 15 is 0 Å². The third-order valence-corrected chi connectivity index (χ3v) is 4.14. The molecule has 1 unspecified atom stereocenters. The van der Waals surface area contributed by atoms with Crippen molar-refractivity contribution in [2.24, 2.45) is 0 Å². The summed E-state index contributed by atoms with van der Waals surface area (Å²) in [5.74, 6) is 0.0285. The first-order valence-corrected chi connectivity index (χ1v) is 7.94. The molecule has 22 heavy (non-hydrogen) atoms. The lowest BCUT2D eigenvalue weighted by Crippen LogP contribution is -2.38. The van der Waals surface area contributed by atoms with Crippen LogP contribution in [0.5, 0.6) is 0 Å². The largest absolute Gasteiger partial charge is 0.352 e. The zero-order valence-corrected chi connectivity index (χ0v) is 13.0. The molecule has 1 aliphatic rings. The van der Waals surface area contributed by atoms with Crippen molar-refractivity contribution in [3.63, 3.8) is 0 Å². The lowest BCUT2D eigenvalue weighted by atomic mass is 10.1. The molecule has 4 heteroatoms. The fraction of sp³-hybridized carbons (Fsp3) is 0.278. The maximum absolute atomic E-state index is 12.5. The van der Waals surface area contributed by atoms with Gasteiger partial charge in [0, 0.05) is 17.6 Å². The minimum Gasteiger partial charge on any atom is -0.352 e. The van der Waals surface area contributed by atoms with E-state index in [0.717, 1.165) is 24.0 Å². The second-order valence-corrected chi connectivity index (χ2v) is 6.01. The number of nitrogens with one attached hydrogen (secondary N) is 2. The Hall–Kier alpha value is -1.84. The van der Waals surface area contributed by atoms with Gasteiger partial charge in [-0.05, 0) is 30.0 Å². The summed E-state index contributed by atoms with van der Waals surface area (Å²) < 4.78 is 0. The van der Waals surface area contributed by atoms with Crippen LogP contribution in [0, 0.1) is 0 Å². The number of hydrogen-bond donors (Lipinski definition) is 2. The van der Waals surface area contributed by atoms with Crippen LogP contribution in [0.2, 0.25) is 5.02 Å². The Bertz CT molecular complexity index is 641. The van der Waals surface area contributed by atoms with Gasteiger partial charge in [0.05, 0.1) is 0 Å². The molecule has 2 aromatic rings. The number of rotatable bonds is 6. The standard InChI is InChI=1S/C18H19ClN2O/c19-16-9-5-4-8-14(16)12-20-17(13-6-2-1-3-7-13)18(22)21-15-10-11-15/h1-9,15,17,20H,10-12H2,(H,21,22). The topological polar surface area (TPSA) is 41.1 Å². The van der Waals surface area contributed by atoms with E-state index in [2.05, 4.69) is 10.6 Å². The molecule has 0 radical (unpaired) electrons. The average Bonchev–Trinajstić information content (AvgIpc) is 3.34. The molecule has 1 atom stereocenters. The highest BCUT2D eigenvalue weighted by Gasteiger charge is 2.28. The molecule has 114 valence electrons. The molecule has 0 aromatic heterocycles.